The molecule has 1 fully saturated rings. The van der Waals surface area contributed by atoms with Gasteiger partial charge in [-0.05, 0) is 31.2 Å². The number of hydrogen-bond donors (Lipinski definition) is 1. The van der Waals surface area contributed by atoms with Crippen molar-refractivity contribution in [1.29, 1.82) is 0 Å². The number of rotatable bonds is 4. The number of nitrogens with one attached hydrogen (secondary N) is 1. The van der Waals surface area contributed by atoms with E-state index in [1.165, 1.54) is 0 Å². The number of nitrogens with zero attached hydrogens (tertiary/aromatic N) is 3. The number of aromatic nitrogens is 1. The summed E-state index contributed by atoms with van der Waals surface area (Å²) in [7, 11) is 0. The summed E-state index contributed by atoms with van der Waals surface area (Å²) in [6.45, 7) is 4.84. The Balaban J connectivity index is 1.47. The van der Waals surface area contributed by atoms with Gasteiger partial charge in [0.05, 0.1) is 12.1 Å². The van der Waals surface area contributed by atoms with Crippen LogP contribution in [0.4, 0.5) is 5.69 Å². The molecule has 0 bridgehead atoms. The molecule has 0 aliphatic carbocycles. The summed E-state index contributed by atoms with van der Waals surface area (Å²) in [6, 6.07) is 13.1. The fraction of sp³-hybridized carbons (Fsp3) is 0.316. The van der Waals surface area contributed by atoms with E-state index in [4.69, 9.17) is 0 Å². The van der Waals surface area contributed by atoms with Gasteiger partial charge in [-0.2, -0.15) is 0 Å². The third-order valence-electron chi connectivity index (χ3n) is 4.24. The predicted octanol–water partition coefficient (Wildman–Crippen LogP) is 1.79. The smallest absolute Gasteiger partial charge is 0.255 e. The molecule has 0 unspecified atom stereocenters. The van der Waals surface area contributed by atoms with Gasteiger partial charge in [0, 0.05) is 43.8 Å². The van der Waals surface area contributed by atoms with Gasteiger partial charge < -0.3 is 10.2 Å². The number of carbonyl (C=O) groups is 2. The summed E-state index contributed by atoms with van der Waals surface area (Å²) < 4.78 is 0. The minimum absolute atomic E-state index is 0.000821. The van der Waals surface area contributed by atoms with Crippen LogP contribution in [0.3, 0.4) is 0 Å². The average Bonchev–Trinajstić information content (AvgIpc) is 2.63. The lowest BCUT2D eigenvalue weighted by Gasteiger charge is -2.34. The van der Waals surface area contributed by atoms with Crippen molar-refractivity contribution in [2.75, 3.05) is 38.0 Å². The van der Waals surface area contributed by atoms with E-state index in [0.717, 1.165) is 11.4 Å². The van der Waals surface area contributed by atoms with Crippen molar-refractivity contribution in [3.05, 3.63) is 59.9 Å². The van der Waals surface area contributed by atoms with Gasteiger partial charge in [0.2, 0.25) is 5.91 Å². The second-order valence-electron chi connectivity index (χ2n) is 6.17. The number of benzene rings is 1. The first-order valence-corrected chi connectivity index (χ1v) is 8.41. The average molecular weight is 338 g/mol. The Morgan fingerprint density at radius 2 is 1.76 bits per heavy atom. The number of pyridine rings is 1. The summed E-state index contributed by atoms with van der Waals surface area (Å²) in [5, 5.41) is 2.88. The van der Waals surface area contributed by atoms with Crippen LogP contribution in [-0.4, -0.2) is 59.3 Å². The third-order valence-corrected chi connectivity index (χ3v) is 4.24. The Morgan fingerprint density at radius 3 is 2.40 bits per heavy atom. The minimum atomic E-state index is -0.0336. The van der Waals surface area contributed by atoms with Gasteiger partial charge in [-0.15, -0.1) is 0 Å². The zero-order valence-electron chi connectivity index (χ0n) is 14.3. The van der Waals surface area contributed by atoms with Gasteiger partial charge in [-0.3, -0.25) is 19.5 Å². The third kappa shape index (κ3) is 4.64. The molecule has 0 radical (unpaired) electrons. The molecule has 1 aliphatic heterocycles. The minimum Gasteiger partial charge on any atom is -0.336 e. The van der Waals surface area contributed by atoms with E-state index in [2.05, 4.69) is 15.2 Å². The highest BCUT2D eigenvalue weighted by atomic mass is 16.2. The number of anilines is 1. The number of amides is 2. The zero-order valence-corrected chi connectivity index (χ0v) is 14.3. The SMILES string of the molecule is Cc1ccc(C(=O)N2CCN(CC(=O)Nc3ccccc3)CC2)cn1. The van der Waals surface area contributed by atoms with Crippen LogP contribution in [-0.2, 0) is 4.79 Å². The second-order valence-corrected chi connectivity index (χ2v) is 6.17. The lowest BCUT2D eigenvalue weighted by atomic mass is 10.2. The van der Waals surface area contributed by atoms with E-state index in [0.29, 0.717) is 38.3 Å². The molecule has 2 amide bonds. The molecule has 6 nitrogen and oxygen atoms in total. The maximum absolute atomic E-state index is 12.5. The lowest BCUT2D eigenvalue weighted by molar-refractivity contribution is -0.117. The van der Waals surface area contributed by atoms with Gasteiger partial charge in [-0.1, -0.05) is 18.2 Å². The topological polar surface area (TPSA) is 65.5 Å². The van der Waals surface area contributed by atoms with E-state index in [1.807, 2.05) is 54.3 Å². The molecule has 1 N–H and O–H groups in total. The highest BCUT2D eigenvalue weighted by Crippen LogP contribution is 2.10. The highest BCUT2D eigenvalue weighted by molar-refractivity contribution is 5.94. The van der Waals surface area contributed by atoms with Gasteiger partial charge in [0.1, 0.15) is 0 Å². The Bertz CT molecular complexity index is 723. The molecule has 0 atom stereocenters. The molecule has 130 valence electrons. The van der Waals surface area contributed by atoms with Gasteiger partial charge in [-0.25, -0.2) is 0 Å². The molecule has 25 heavy (non-hydrogen) atoms. The Labute approximate surface area is 147 Å². The molecule has 1 saturated heterocycles. The fourth-order valence-corrected chi connectivity index (χ4v) is 2.81. The first-order valence-electron chi connectivity index (χ1n) is 8.41. The van der Waals surface area contributed by atoms with Crippen LogP contribution >= 0.6 is 0 Å². The van der Waals surface area contributed by atoms with Crippen LogP contribution < -0.4 is 5.32 Å². The van der Waals surface area contributed by atoms with E-state index in [-0.39, 0.29) is 11.8 Å². The monoisotopic (exact) mass is 338 g/mol. The molecule has 0 spiro atoms. The highest BCUT2D eigenvalue weighted by Gasteiger charge is 2.23. The van der Waals surface area contributed by atoms with Crippen LogP contribution in [0.25, 0.3) is 0 Å². The van der Waals surface area contributed by atoms with E-state index < -0.39 is 0 Å². The molecule has 2 aromatic rings. The lowest BCUT2D eigenvalue weighted by Crippen LogP contribution is -2.50. The summed E-state index contributed by atoms with van der Waals surface area (Å²) >= 11 is 0. The second kappa shape index (κ2) is 7.90. The van der Waals surface area contributed by atoms with Crippen LogP contribution in [0, 0.1) is 6.92 Å². The first-order chi connectivity index (χ1) is 12.1. The van der Waals surface area contributed by atoms with Crippen molar-refractivity contribution in [3.8, 4) is 0 Å². The van der Waals surface area contributed by atoms with Crippen LogP contribution in [0.5, 0.6) is 0 Å². The largest absolute Gasteiger partial charge is 0.336 e. The summed E-state index contributed by atoms with van der Waals surface area (Å²) in [5.41, 5.74) is 2.31. The molecular weight excluding hydrogens is 316 g/mol. The summed E-state index contributed by atoms with van der Waals surface area (Å²) in [4.78, 5) is 32.6. The van der Waals surface area contributed by atoms with Crippen molar-refractivity contribution in [3.63, 3.8) is 0 Å². The van der Waals surface area contributed by atoms with Crippen molar-refractivity contribution >= 4 is 17.5 Å². The van der Waals surface area contributed by atoms with E-state index in [1.54, 1.807) is 6.20 Å². The number of piperazine rings is 1. The van der Waals surface area contributed by atoms with Gasteiger partial charge in [0.25, 0.3) is 5.91 Å². The number of hydrogen-bond acceptors (Lipinski definition) is 4. The first kappa shape index (κ1) is 17.1. The van der Waals surface area contributed by atoms with E-state index in [9.17, 15) is 9.59 Å². The number of aryl methyl sites for hydroxylation is 1. The molecule has 3 rings (SSSR count). The Kier molecular flexibility index (Phi) is 5.40. The normalized spacial score (nSPS) is 15.0. The molecule has 6 heteroatoms. The van der Waals surface area contributed by atoms with Crippen molar-refractivity contribution in [2.45, 2.75) is 6.92 Å². The standard InChI is InChI=1S/C19H22N4O2/c1-15-7-8-16(13-20-15)19(25)23-11-9-22(10-12-23)14-18(24)21-17-5-3-2-4-6-17/h2-8,13H,9-12,14H2,1H3,(H,21,24). The van der Waals surface area contributed by atoms with Crippen LogP contribution in [0.2, 0.25) is 0 Å². The predicted molar refractivity (Wildman–Crippen MR) is 96.4 cm³/mol. The summed E-state index contributed by atoms with van der Waals surface area (Å²) in [6.07, 6.45) is 1.62. The molecular formula is C19H22N4O2. The maximum Gasteiger partial charge on any atom is 0.255 e. The maximum atomic E-state index is 12.5. The van der Waals surface area contributed by atoms with Crippen LogP contribution in [0.1, 0.15) is 16.1 Å². The quantitative estimate of drug-likeness (QED) is 0.923. The Morgan fingerprint density at radius 1 is 1.04 bits per heavy atom. The fourth-order valence-electron chi connectivity index (χ4n) is 2.81. The molecule has 2 heterocycles. The van der Waals surface area contributed by atoms with Crippen LogP contribution in [0.15, 0.2) is 48.7 Å². The summed E-state index contributed by atoms with van der Waals surface area (Å²) in [5.74, 6) is -0.0328. The number of carbonyl (C=O) groups excluding carboxylic acids is 2. The van der Waals surface area contributed by atoms with Crippen molar-refractivity contribution in [2.24, 2.45) is 0 Å². The molecule has 0 saturated carbocycles. The van der Waals surface area contributed by atoms with E-state index >= 15 is 0 Å². The van der Waals surface area contributed by atoms with Crippen molar-refractivity contribution in [1.82, 2.24) is 14.8 Å². The number of para-hydroxylation sites is 1. The van der Waals surface area contributed by atoms with Crippen molar-refractivity contribution < 1.29 is 9.59 Å². The zero-order chi connectivity index (χ0) is 17.6. The van der Waals surface area contributed by atoms with Gasteiger partial charge in [0.15, 0.2) is 0 Å². The molecule has 1 aromatic carbocycles. The molecule has 1 aliphatic rings. The van der Waals surface area contributed by atoms with Gasteiger partial charge >= 0.3 is 0 Å². The Hall–Kier alpha value is -2.73. The molecule has 1 aromatic heterocycles.